The number of hydrogen-bond donors (Lipinski definition) is 2. The molecule has 0 aromatic carbocycles. The summed E-state index contributed by atoms with van der Waals surface area (Å²) in [6.07, 6.45) is 1.88. The van der Waals surface area contributed by atoms with Gasteiger partial charge in [0.1, 0.15) is 0 Å². The number of fused-ring (bicyclic) bond motifs is 1. The van der Waals surface area contributed by atoms with Crippen LogP contribution < -0.4 is 11.1 Å². The summed E-state index contributed by atoms with van der Waals surface area (Å²) in [5.41, 5.74) is 7.63. The molecule has 0 aliphatic rings. The number of nitrogens with one attached hydrogen (secondary N) is 1. The molecule has 5 nitrogen and oxygen atoms in total. The number of pyridine rings is 1. The van der Waals surface area contributed by atoms with E-state index in [0.717, 1.165) is 11.2 Å². The van der Waals surface area contributed by atoms with Crippen molar-refractivity contribution in [3.8, 4) is 0 Å². The molecule has 0 fully saturated rings. The van der Waals surface area contributed by atoms with Crippen molar-refractivity contribution >= 4 is 11.6 Å². The lowest BCUT2D eigenvalue weighted by atomic mass is 10.3. The molecule has 2 heterocycles. The predicted octanol–water partition coefficient (Wildman–Crippen LogP) is 0.797. The molecule has 0 radical (unpaired) electrons. The molecule has 0 amide bonds. The summed E-state index contributed by atoms with van der Waals surface area (Å²) in [5, 5.41) is 7.38. The standard InChI is InChI=1S/C10H15N5/c1-7-4-3-5-15-9(7)13-10(14-15)12-6-8(2)11/h3-5,8H,6,11H2,1-2H3,(H,12,14). The second-order valence-corrected chi connectivity index (χ2v) is 3.75. The zero-order chi connectivity index (χ0) is 10.8. The highest BCUT2D eigenvalue weighted by atomic mass is 15.3. The lowest BCUT2D eigenvalue weighted by Crippen LogP contribution is -2.25. The second kappa shape index (κ2) is 3.86. The van der Waals surface area contributed by atoms with Crippen LogP contribution in [0.4, 0.5) is 5.95 Å². The first-order chi connectivity index (χ1) is 7.16. The highest BCUT2D eigenvalue weighted by Crippen LogP contribution is 2.09. The van der Waals surface area contributed by atoms with E-state index in [9.17, 15) is 0 Å². The van der Waals surface area contributed by atoms with Crippen LogP contribution in [0.5, 0.6) is 0 Å². The van der Waals surface area contributed by atoms with E-state index in [1.165, 1.54) is 0 Å². The van der Waals surface area contributed by atoms with Gasteiger partial charge in [0.15, 0.2) is 5.65 Å². The van der Waals surface area contributed by atoms with Crippen LogP contribution in [0.3, 0.4) is 0 Å². The first kappa shape index (κ1) is 9.92. The number of aryl methyl sites for hydroxylation is 1. The van der Waals surface area contributed by atoms with Gasteiger partial charge in [0.2, 0.25) is 5.95 Å². The van der Waals surface area contributed by atoms with Gasteiger partial charge in [-0.25, -0.2) is 4.52 Å². The molecule has 0 saturated carbocycles. The number of hydrogen-bond acceptors (Lipinski definition) is 4. The van der Waals surface area contributed by atoms with Crippen molar-refractivity contribution in [3.05, 3.63) is 23.9 Å². The molecular weight excluding hydrogens is 190 g/mol. The van der Waals surface area contributed by atoms with E-state index >= 15 is 0 Å². The Morgan fingerprint density at radius 2 is 2.40 bits per heavy atom. The van der Waals surface area contributed by atoms with Gasteiger partial charge in [0.25, 0.3) is 0 Å². The fourth-order valence-corrected chi connectivity index (χ4v) is 1.37. The summed E-state index contributed by atoms with van der Waals surface area (Å²) < 4.78 is 1.76. The van der Waals surface area contributed by atoms with E-state index in [1.54, 1.807) is 4.52 Å². The van der Waals surface area contributed by atoms with Crippen molar-refractivity contribution in [1.82, 2.24) is 14.6 Å². The minimum Gasteiger partial charge on any atom is -0.351 e. The third kappa shape index (κ3) is 2.07. The van der Waals surface area contributed by atoms with Crippen molar-refractivity contribution in [2.24, 2.45) is 5.73 Å². The van der Waals surface area contributed by atoms with E-state index in [1.807, 2.05) is 32.2 Å². The largest absolute Gasteiger partial charge is 0.351 e. The minimum atomic E-state index is 0.0951. The van der Waals surface area contributed by atoms with Gasteiger partial charge in [-0.3, -0.25) is 0 Å². The monoisotopic (exact) mass is 205 g/mol. The van der Waals surface area contributed by atoms with Crippen LogP contribution in [-0.4, -0.2) is 27.2 Å². The highest BCUT2D eigenvalue weighted by molar-refractivity contribution is 5.49. The van der Waals surface area contributed by atoms with Gasteiger partial charge in [0.05, 0.1) is 0 Å². The molecule has 2 rings (SSSR count). The van der Waals surface area contributed by atoms with Crippen molar-refractivity contribution in [2.45, 2.75) is 19.9 Å². The van der Waals surface area contributed by atoms with Crippen LogP contribution in [0.25, 0.3) is 5.65 Å². The number of aromatic nitrogens is 3. The normalized spacial score (nSPS) is 13.0. The molecule has 0 aliphatic carbocycles. The molecule has 5 heteroatoms. The fourth-order valence-electron chi connectivity index (χ4n) is 1.37. The Morgan fingerprint density at radius 1 is 1.60 bits per heavy atom. The van der Waals surface area contributed by atoms with Crippen LogP contribution in [-0.2, 0) is 0 Å². The molecule has 0 saturated heterocycles. The van der Waals surface area contributed by atoms with Gasteiger partial charge >= 0.3 is 0 Å². The Balaban J connectivity index is 2.27. The summed E-state index contributed by atoms with van der Waals surface area (Å²) in [6.45, 7) is 4.63. The van der Waals surface area contributed by atoms with E-state index < -0.39 is 0 Å². The summed E-state index contributed by atoms with van der Waals surface area (Å²) in [7, 11) is 0. The van der Waals surface area contributed by atoms with Crippen LogP contribution in [0.1, 0.15) is 12.5 Å². The van der Waals surface area contributed by atoms with E-state index in [4.69, 9.17) is 5.73 Å². The summed E-state index contributed by atoms with van der Waals surface area (Å²) in [6, 6.07) is 4.06. The molecule has 3 N–H and O–H groups in total. The fraction of sp³-hybridized carbons (Fsp3) is 0.400. The molecule has 2 aromatic heterocycles. The Morgan fingerprint density at radius 3 is 3.07 bits per heavy atom. The highest BCUT2D eigenvalue weighted by Gasteiger charge is 2.04. The van der Waals surface area contributed by atoms with Crippen molar-refractivity contribution < 1.29 is 0 Å². The Labute approximate surface area is 88.3 Å². The molecule has 0 aliphatic heterocycles. The summed E-state index contributed by atoms with van der Waals surface area (Å²) in [5.74, 6) is 0.626. The third-order valence-corrected chi connectivity index (χ3v) is 2.14. The van der Waals surface area contributed by atoms with E-state index in [0.29, 0.717) is 12.5 Å². The van der Waals surface area contributed by atoms with Crippen molar-refractivity contribution in [2.75, 3.05) is 11.9 Å². The molecular formula is C10H15N5. The lowest BCUT2D eigenvalue weighted by molar-refractivity contribution is 0.772. The molecule has 15 heavy (non-hydrogen) atoms. The lowest BCUT2D eigenvalue weighted by Gasteiger charge is -2.03. The molecule has 1 unspecified atom stereocenters. The third-order valence-electron chi connectivity index (χ3n) is 2.14. The number of rotatable bonds is 3. The average Bonchev–Trinajstić information content (AvgIpc) is 2.59. The van der Waals surface area contributed by atoms with Crippen LogP contribution in [0.15, 0.2) is 18.3 Å². The van der Waals surface area contributed by atoms with E-state index in [2.05, 4.69) is 15.4 Å². The zero-order valence-corrected chi connectivity index (χ0v) is 8.94. The average molecular weight is 205 g/mol. The first-order valence-electron chi connectivity index (χ1n) is 4.98. The van der Waals surface area contributed by atoms with Crippen molar-refractivity contribution in [1.29, 1.82) is 0 Å². The van der Waals surface area contributed by atoms with Gasteiger partial charge in [0, 0.05) is 18.8 Å². The smallest absolute Gasteiger partial charge is 0.243 e. The van der Waals surface area contributed by atoms with Crippen LogP contribution in [0.2, 0.25) is 0 Å². The maximum atomic E-state index is 5.64. The number of anilines is 1. The van der Waals surface area contributed by atoms with Gasteiger partial charge in [-0.2, -0.15) is 4.98 Å². The first-order valence-corrected chi connectivity index (χ1v) is 4.98. The SMILES string of the molecule is Cc1cccn2nc(NCC(C)N)nc12. The van der Waals surface area contributed by atoms with Gasteiger partial charge in [-0.1, -0.05) is 6.07 Å². The van der Waals surface area contributed by atoms with E-state index in [-0.39, 0.29) is 6.04 Å². The molecule has 80 valence electrons. The molecule has 2 aromatic rings. The summed E-state index contributed by atoms with van der Waals surface area (Å²) >= 11 is 0. The zero-order valence-electron chi connectivity index (χ0n) is 8.94. The Kier molecular flexibility index (Phi) is 2.55. The van der Waals surface area contributed by atoms with Crippen molar-refractivity contribution in [3.63, 3.8) is 0 Å². The topological polar surface area (TPSA) is 68.2 Å². The van der Waals surface area contributed by atoms with Gasteiger partial charge < -0.3 is 11.1 Å². The van der Waals surface area contributed by atoms with Gasteiger partial charge in [-0.15, -0.1) is 5.10 Å². The summed E-state index contributed by atoms with van der Waals surface area (Å²) in [4.78, 5) is 4.37. The van der Waals surface area contributed by atoms with Crippen LogP contribution in [0, 0.1) is 6.92 Å². The number of nitrogens with two attached hydrogens (primary N) is 1. The Hall–Kier alpha value is -1.62. The molecule has 1 atom stereocenters. The van der Waals surface area contributed by atoms with Gasteiger partial charge in [-0.05, 0) is 25.5 Å². The molecule has 0 bridgehead atoms. The second-order valence-electron chi connectivity index (χ2n) is 3.75. The minimum absolute atomic E-state index is 0.0951. The van der Waals surface area contributed by atoms with Crippen LogP contribution >= 0.6 is 0 Å². The predicted molar refractivity (Wildman–Crippen MR) is 59.9 cm³/mol. The maximum Gasteiger partial charge on any atom is 0.243 e. The number of nitrogens with zero attached hydrogens (tertiary/aromatic N) is 3. The Bertz CT molecular complexity index is 460. The quantitative estimate of drug-likeness (QED) is 0.777. The molecule has 0 spiro atoms. The maximum absolute atomic E-state index is 5.64.